The van der Waals surface area contributed by atoms with Crippen molar-refractivity contribution in [1.82, 2.24) is 20.5 Å². The summed E-state index contributed by atoms with van der Waals surface area (Å²) in [6.07, 6.45) is -4.41. The van der Waals surface area contributed by atoms with Gasteiger partial charge in [0.2, 0.25) is 0 Å². The fraction of sp³-hybridized carbons (Fsp3) is 0.500. The van der Waals surface area contributed by atoms with Crippen molar-refractivity contribution in [2.45, 2.75) is 46.6 Å². The monoisotopic (exact) mass is 555 g/mol. The molecule has 5 nitrogen and oxygen atoms in total. The Hall–Kier alpha value is -1.40. The van der Waals surface area contributed by atoms with Crippen LogP contribution in [0.4, 0.5) is 13.2 Å². The number of nitrogens with one attached hydrogen (secondary N) is 2. The van der Waals surface area contributed by atoms with Crippen molar-refractivity contribution in [2.24, 2.45) is 4.99 Å². The second kappa shape index (κ2) is 13.1. The molecule has 168 valence electrons. The van der Waals surface area contributed by atoms with Gasteiger partial charge in [-0.05, 0) is 31.1 Å². The summed E-state index contributed by atoms with van der Waals surface area (Å²) >= 11 is 0.982. The minimum Gasteiger partial charge on any atom is -0.357 e. The van der Waals surface area contributed by atoms with Gasteiger partial charge in [-0.2, -0.15) is 13.2 Å². The van der Waals surface area contributed by atoms with Gasteiger partial charge in [-0.1, -0.05) is 38.1 Å². The number of halogens is 4. The van der Waals surface area contributed by atoms with Crippen molar-refractivity contribution < 1.29 is 13.2 Å². The third kappa shape index (κ3) is 8.76. The second-order valence-corrected chi connectivity index (χ2v) is 7.40. The normalized spacial score (nSPS) is 12.0. The molecule has 0 saturated heterocycles. The summed E-state index contributed by atoms with van der Waals surface area (Å²) in [4.78, 5) is 10.5. The van der Waals surface area contributed by atoms with Crippen molar-refractivity contribution in [3.05, 3.63) is 51.5 Å². The number of benzene rings is 1. The van der Waals surface area contributed by atoms with E-state index in [0.717, 1.165) is 41.9 Å². The smallest absolute Gasteiger partial charge is 0.357 e. The largest absolute Gasteiger partial charge is 0.434 e. The maximum Gasteiger partial charge on any atom is 0.434 e. The number of aromatic nitrogens is 1. The first-order chi connectivity index (χ1) is 13.9. The maximum absolute atomic E-state index is 12.7. The first-order valence-electron chi connectivity index (χ1n) is 9.69. The molecule has 0 radical (unpaired) electrons. The molecule has 0 amide bonds. The highest BCUT2D eigenvalue weighted by atomic mass is 127. The predicted octanol–water partition coefficient (Wildman–Crippen LogP) is 4.88. The van der Waals surface area contributed by atoms with Gasteiger partial charge < -0.3 is 10.6 Å². The van der Waals surface area contributed by atoms with Gasteiger partial charge in [-0.3, -0.25) is 4.90 Å². The summed E-state index contributed by atoms with van der Waals surface area (Å²) in [6, 6.07) is 8.30. The molecule has 1 aromatic heterocycles. The third-order valence-electron chi connectivity index (χ3n) is 4.31. The SMILES string of the molecule is CCNC(=NCc1cccc(CN(CC)CC)c1)NCc1nc(C(F)(F)F)cs1.I. The molecule has 30 heavy (non-hydrogen) atoms. The van der Waals surface area contributed by atoms with Crippen LogP contribution >= 0.6 is 35.3 Å². The number of guanidine groups is 1. The number of thiazole rings is 1. The Morgan fingerprint density at radius 2 is 1.83 bits per heavy atom. The molecule has 1 aromatic carbocycles. The molecule has 0 fully saturated rings. The van der Waals surface area contributed by atoms with Crippen molar-refractivity contribution in [1.29, 1.82) is 0 Å². The zero-order valence-corrected chi connectivity index (χ0v) is 20.6. The van der Waals surface area contributed by atoms with Crippen LogP contribution in [0, 0.1) is 0 Å². The van der Waals surface area contributed by atoms with Crippen LogP contribution < -0.4 is 10.6 Å². The van der Waals surface area contributed by atoms with E-state index in [2.05, 4.69) is 51.5 Å². The first kappa shape index (κ1) is 26.6. The molecule has 2 rings (SSSR count). The number of nitrogens with zero attached hydrogens (tertiary/aromatic N) is 3. The summed E-state index contributed by atoms with van der Waals surface area (Å²) in [5.74, 6) is 0.547. The Labute approximate surface area is 197 Å². The number of rotatable bonds is 9. The average Bonchev–Trinajstić information content (AvgIpc) is 3.18. The minimum absolute atomic E-state index is 0. The summed E-state index contributed by atoms with van der Waals surface area (Å²) in [7, 11) is 0. The molecule has 2 N–H and O–H groups in total. The van der Waals surface area contributed by atoms with Crippen molar-refractivity contribution in [3.63, 3.8) is 0 Å². The second-order valence-electron chi connectivity index (χ2n) is 6.45. The summed E-state index contributed by atoms with van der Waals surface area (Å²) in [5, 5.41) is 7.55. The van der Waals surface area contributed by atoms with Gasteiger partial charge in [0, 0.05) is 18.5 Å². The highest BCUT2D eigenvalue weighted by Crippen LogP contribution is 2.29. The number of alkyl halides is 3. The van der Waals surface area contributed by atoms with E-state index in [1.54, 1.807) is 0 Å². The summed E-state index contributed by atoms with van der Waals surface area (Å²) < 4.78 is 38.0. The Bertz CT molecular complexity index is 791. The topological polar surface area (TPSA) is 52.6 Å². The highest BCUT2D eigenvalue weighted by molar-refractivity contribution is 14.0. The van der Waals surface area contributed by atoms with E-state index in [1.165, 1.54) is 5.56 Å². The van der Waals surface area contributed by atoms with Crippen LogP contribution in [-0.4, -0.2) is 35.5 Å². The molecule has 0 aliphatic rings. The number of hydrogen-bond acceptors (Lipinski definition) is 4. The molecule has 0 unspecified atom stereocenters. The van der Waals surface area contributed by atoms with Gasteiger partial charge in [-0.25, -0.2) is 9.98 Å². The van der Waals surface area contributed by atoms with E-state index < -0.39 is 11.9 Å². The molecule has 0 aliphatic carbocycles. The molecular formula is C20H29F3IN5S. The van der Waals surface area contributed by atoms with Gasteiger partial charge in [0.1, 0.15) is 5.01 Å². The van der Waals surface area contributed by atoms with E-state index in [1.807, 2.05) is 19.1 Å². The molecule has 0 aliphatic heterocycles. The molecule has 0 spiro atoms. The lowest BCUT2D eigenvalue weighted by atomic mass is 10.1. The molecule has 0 saturated carbocycles. The quantitative estimate of drug-likeness (QED) is 0.263. The number of hydrogen-bond donors (Lipinski definition) is 2. The predicted molar refractivity (Wildman–Crippen MR) is 127 cm³/mol. The molecular weight excluding hydrogens is 526 g/mol. The Balaban J connectivity index is 0.00000450. The third-order valence-corrected chi connectivity index (χ3v) is 5.15. The Morgan fingerprint density at radius 1 is 1.13 bits per heavy atom. The first-order valence-corrected chi connectivity index (χ1v) is 10.6. The van der Waals surface area contributed by atoms with E-state index in [-0.39, 0.29) is 30.5 Å². The van der Waals surface area contributed by atoms with Crippen LogP contribution in [0.5, 0.6) is 0 Å². The molecule has 1 heterocycles. The molecule has 0 bridgehead atoms. The summed E-state index contributed by atoms with van der Waals surface area (Å²) in [6.45, 7) is 10.4. The van der Waals surface area contributed by atoms with Crippen molar-refractivity contribution in [2.75, 3.05) is 19.6 Å². The fourth-order valence-electron chi connectivity index (χ4n) is 2.73. The Morgan fingerprint density at radius 3 is 2.43 bits per heavy atom. The zero-order chi connectivity index (χ0) is 21.3. The maximum atomic E-state index is 12.7. The molecule has 2 aromatic rings. The van der Waals surface area contributed by atoms with E-state index in [4.69, 9.17) is 0 Å². The Kier molecular flexibility index (Phi) is 11.6. The van der Waals surface area contributed by atoms with Gasteiger partial charge in [0.05, 0.1) is 13.1 Å². The van der Waals surface area contributed by atoms with Crippen LogP contribution in [0.3, 0.4) is 0 Å². The lowest BCUT2D eigenvalue weighted by Crippen LogP contribution is -2.36. The van der Waals surface area contributed by atoms with Crippen LogP contribution in [0.1, 0.15) is 42.6 Å². The van der Waals surface area contributed by atoms with Gasteiger partial charge in [0.15, 0.2) is 11.7 Å². The lowest BCUT2D eigenvalue weighted by molar-refractivity contribution is -0.140. The van der Waals surface area contributed by atoms with Crippen LogP contribution in [0.2, 0.25) is 0 Å². The van der Waals surface area contributed by atoms with Gasteiger partial charge in [0.25, 0.3) is 0 Å². The minimum atomic E-state index is -4.41. The fourth-order valence-corrected chi connectivity index (χ4v) is 3.47. The zero-order valence-electron chi connectivity index (χ0n) is 17.4. The lowest BCUT2D eigenvalue weighted by Gasteiger charge is -2.18. The van der Waals surface area contributed by atoms with Crippen LogP contribution in [-0.2, 0) is 25.8 Å². The van der Waals surface area contributed by atoms with E-state index in [0.29, 0.717) is 24.1 Å². The van der Waals surface area contributed by atoms with Gasteiger partial charge >= 0.3 is 6.18 Å². The molecule has 0 atom stereocenters. The van der Waals surface area contributed by atoms with Crippen LogP contribution in [0.15, 0.2) is 34.6 Å². The van der Waals surface area contributed by atoms with Crippen molar-refractivity contribution in [3.8, 4) is 0 Å². The van der Waals surface area contributed by atoms with Crippen molar-refractivity contribution >= 4 is 41.3 Å². The summed E-state index contributed by atoms with van der Waals surface area (Å²) in [5.41, 5.74) is 1.47. The highest BCUT2D eigenvalue weighted by Gasteiger charge is 2.33. The van der Waals surface area contributed by atoms with Crippen LogP contribution in [0.25, 0.3) is 0 Å². The van der Waals surface area contributed by atoms with E-state index >= 15 is 0 Å². The van der Waals surface area contributed by atoms with Gasteiger partial charge in [-0.15, -0.1) is 35.3 Å². The standard InChI is InChI=1S/C20H28F3N5S.HI/c1-4-24-19(26-12-18-27-17(14-29-18)20(21,22)23)25-11-15-8-7-9-16(10-15)13-28(5-2)6-3;/h7-10,14H,4-6,11-13H2,1-3H3,(H2,24,25,26);1H. The molecule has 10 heteroatoms. The van der Waals surface area contributed by atoms with E-state index in [9.17, 15) is 13.2 Å². The average molecular weight is 555 g/mol. The number of aliphatic imine (C=N–C) groups is 1.